The normalized spacial score (nSPS) is 60.4. The number of aliphatic hydroxyl groups is 5. The first-order chi connectivity index (χ1) is 22.5. The van der Waals surface area contributed by atoms with Gasteiger partial charge in [-0.25, -0.2) is 4.79 Å². The van der Waals surface area contributed by atoms with Crippen molar-refractivity contribution in [1.29, 1.82) is 0 Å². The van der Waals surface area contributed by atoms with E-state index < -0.39 is 129 Å². The Hall–Kier alpha value is -2.16. The highest BCUT2D eigenvalue weighted by atomic mass is 16.8. The van der Waals surface area contributed by atoms with Gasteiger partial charge in [0.1, 0.15) is 30.0 Å². The number of ether oxygens (including phenoxy) is 4. The fraction of sp³-hybridized carbons (Fsp3) is 0.889. The molecule has 0 bridgehead atoms. The zero-order valence-corrected chi connectivity index (χ0v) is 29.3. The molecule has 8 fully saturated rings. The van der Waals surface area contributed by atoms with Crippen LogP contribution in [0.4, 0.5) is 0 Å². The largest absolute Gasteiger partial charge is 0.462 e. The maximum absolute atomic E-state index is 14.5. The van der Waals surface area contributed by atoms with Crippen LogP contribution in [0.3, 0.4) is 0 Å². The molecule has 49 heavy (non-hydrogen) atoms. The first-order valence-electron chi connectivity index (χ1n) is 17.9. The van der Waals surface area contributed by atoms with Gasteiger partial charge in [0, 0.05) is 54.3 Å². The molecule has 272 valence electrons. The third kappa shape index (κ3) is 3.54. The summed E-state index contributed by atoms with van der Waals surface area (Å²) in [5.74, 6) is -9.61. The number of hydrogen-bond acceptors (Lipinski definition) is 13. The summed E-state index contributed by atoms with van der Waals surface area (Å²) in [5.41, 5.74) is -10.00. The van der Waals surface area contributed by atoms with Gasteiger partial charge in [0.2, 0.25) is 5.79 Å². The first-order valence-corrected chi connectivity index (χ1v) is 17.9. The van der Waals surface area contributed by atoms with Crippen molar-refractivity contribution in [2.45, 2.75) is 134 Å². The molecule has 0 amide bonds. The van der Waals surface area contributed by atoms with Gasteiger partial charge in [0.15, 0.2) is 11.4 Å². The van der Waals surface area contributed by atoms with Gasteiger partial charge in [-0.3, -0.25) is 14.4 Å². The highest BCUT2D eigenvalue weighted by molar-refractivity contribution is 5.94. The summed E-state index contributed by atoms with van der Waals surface area (Å²) in [5, 5.41) is 60.6. The van der Waals surface area contributed by atoms with E-state index in [-0.39, 0.29) is 37.5 Å². The lowest BCUT2D eigenvalue weighted by atomic mass is 9.40. The molecule has 6 saturated carbocycles. The number of ketones is 1. The van der Waals surface area contributed by atoms with Gasteiger partial charge in [-0.2, -0.15) is 0 Å². The van der Waals surface area contributed by atoms with Crippen molar-refractivity contribution in [3.63, 3.8) is 0 Å². The molecule has 0 aromatic carbocycles. The Morgan fingerprint density at radius 3 is 2.24 bits per heavy atom. The van der Waals surface area contributed by atoms with Crippen molar-refractivity contribution < 1.29 is 63.7 Å². The molecule has 0 aromatic heterocycles. The minimum atomic E-state index is -2.31. The Labute approximate surface area is 285 Å². The Morgan fingerprint density at radius 1 is 0.980 bits per heavy atom. The molecule has 0 aromatic rings. The van der Waals surface area contributed by atoms with Crippen LogP contribution in [-0.4, -0.2) is 102 Å². The average molecular weight is 691 g/mol. The molecule has 2 aliphatic heterocycles. The number of epoxide rings is 1. The molecule has 8 aliphatic rings. The fourth-order valence-corrected chi connectivity index (χ4v) is 13.4. The predicted octanol–water partition coefficient (Wildman–Crippen LogP) is 0.636. The van der Waals surface area contributed by atoms with Crippen molar-refractivity contribution in [1.82, 2.24) is 0 Å². The Balaban J connectivity index is 1.31. The molecule has 6 aliphatic carbocycles. The van der Waals surface area contributed by atoms with E-state index in [2.05, 4.69) is 0 Å². The van der Waals surface area contributed by atoms with E-state index in [4.69, 9.17) is 18.9 Å². The molecule has 2 saturated heterocycles. The highest BCUT2D eigenvalue weighted by Gasteiger charge is 2.93. The lowest BCUT2D eigenvalue weighted by Crippen LogP contribution is -2.77. The van der Waals surface area contributed by atoms with Crippen LogP contribution in [0.1, 0.15) is 81.1 Å². The van der Waals surface area contributed by atoms with Crippen molar-refractivity contribution in [3.05, 3.63) is 0 Å². The monoisotopic (exact) mass is 690 g/mol. The van der Waals surface area contributed by atoms with Crippen LogP contribution in [0.5, 0.6) is 0 Å². The minimum Gasteiger partial charge on any atom is -0.462 e. The van der Waals surface area contributed by atoms with Crippen LogP contribution < -0.4 is 0 Å². The minimum absolute atomic E-state index is 0.0466. The Kier molecular flexibility index (Phi) is 6.54. The van der Waals surface area contributed by atoms with Gasteiger partial charge in [-0.05, 0) is 50.4 Å². The van der Waals surface area contributed by atoms with Crippen molar-refractivity contribution in [3.8, 4) is 0 Å². The van der Waals surface area contributed by atoms with Gasteiger partial charge in [-0.1, -0.05) is 34.6 Å². The zero-order chi connectivity index (χ0) is 36.0. The summed E-state index contributed by atoms with van der Waals surface area (Å²) in [6.07, 6.45) is -5.86. The fourth-order valence-electron chi connectivity index (χ4n) is 13.4. The van der Waals surface area contributed by atoms with E-state index in [1.165, 1.54) is 13.8 Å². The average Bonchev–Trinajstić information content (AvgIpc) is 3.85. The third-order valence-corrected chi connectivity index (χ3v) is 15.8. The van der Waals surface area contributed by atoms with E-state index in [9.17, 15) is 44.7 Å². The van der Waals surface area contributed by atoms with Crippen molar-refractivity contribution in [2.75, 3.05) is 0 Å². The molecule has 0 radical (unpaired) electrons. The lowest BCUT2D eigenvalue weighted by molar-refractivity contribution is -0.280. The second-order valence-corrected chi connectivity index (χ2v) is 18.2. The van der Waals surface area contributed by atoms with Gasteiger partial charge in [0.05, 0.1) is 17.1 Å². The van der Waals surface area contributed by atoms with Gasteiger partial charge >= 0.3 is 17.9 Å². The SMILES string of the molecule is CC(=O)O[C@H]1C[C@H]2[C@H]([C@@H]3[C@@H](O)[C@@H]4[C@H]([C@H](C)[C@H]5O[C@]56OC(=O)[C@@](C)(O)[C@]46C)[C@]31C)[C@@H](O)C(=O)[C@@]1(O)C[C@@]3(O)C[C@@H]3[C@H](OC(=O)CC(C)C)[C@]21C. The molecule has 1 spiro atoms. The zero-order valence-electron chi connectivity index (χ0n) is 29.3. The molecule has 0 unspecified atom stereocenters. The number of fused-ring (bicyclic) bond motifs is 9. The summed E-state index contributed by atoms with van der Waals surface area (Å²) in [4.78, 5) is 53.9. The van der Waals surface area contributed by atoms with Crippen LogP contribution in [-0.2, 0) is 38.1 Å². The van der Waals surface area contributed by atoms with E-state index in [0.717, 1.165) is 0 Å². The van der Waals surface area contributed by atoms with Gasteiger partial charge < -0.3 is 44.5 Å². The molecule has 19 atom stereocenters. The number of esters is 3. The van der Waals surface area contributed by atoms with Crippen molar-refractivity contribution >= 4 is 23.7 Å². The quantitative estimate of drug-likeness (QED) is 0.156. The van der Waals surface area contributed by atoms with Gasteiger partial charge in [-0.15, -0.1) is 0 Å². The highest BCUT2D eigenvalue weighted by Crippen LogP contribution is 2.81. The third-order valence-electron chi connectivity index (χ3n) is 15.8. The second-order valence-electron chi connectivity index (χ2n) is 18.2. The first kappa shape index (κ1) is 34.0. The summed E-state index contributed by atoms with van der Waals surface area (Å²) in [7, 11) is 0. The standard InChI is InChI=1S/C36H50O13/c1-13(2)9-19(38)47-28-17-11-34(17,44)12-35(45)26(41)24(39)20-16(31(28,35)6)10-18(46-15(4)37)30(5)21-14(3)27-36(48-27)32(7,23(21)25(40)22(20)30)33(8,43)29(42)49-36/h13-14,16-18,20-25,27-28,39-40,43-45H,9-12H2,1-8H3/t14-,16-,17+,18-,20+,21-,22+,23-,24+,25+,27+,28-,30+,31-,32-,33+,34-,35-,36-/m0/s1. The summed E-state index contributed by atoms with van der Waals surface area (Å²) in [6, 6.07) is 0. The summed E-state index contributed by atoms with van der Waals surface area (Å²) >= 11 is 0. The smallest absolute Gasteiger partial charge is 0.341 e. The number of carbonyl (C=O) groups is 4. The number of hydrogen-bond donors (Lipinski definition) is 5. The van der Waals surface area contributed by atoms with Crippen LogP contribution in [0.25, 0.3) is 0 Å². The van der Waals surface area contributed by atoms with Crippen LogP contribution in [0, 0.1) is 63.6 Å². The Bertz CT molecular complexity index is 1560. The maximum Gasteiger partial charge on any atom is 0.341 e. The maximum atomic E-state index is 14.5. The summed E-state index contributed by atoms with van der Waals surface area (Å²) in [6.45, 7) is 13.5. The molecular weight excluding hydrogens is 640 g/mol. The Morgan fingerprint density at radius 2 is 1.63 bits per heavy atom. The van der Waals surface area contributed by atoms with Crippen LogP contribution in [0.15, 0.2) is 0 Å². The molecule has 2 heterocycles. The van der Waals surface area contributed by atoms with Gasteiger partial charge in [0.25, 0.3) is 0 Å². The van der Waals surface area contributed by atoms with E-state index in [1.807, 2.05) is 27.7 Å². The van der Waals surface area contributed by atoms with E-state index in [1.54, 1.807) is 13.8 Å². The number of aliphatic hydroxyl groups excluding tert-OH is 2. The number of rotatable bonds is 4. The van der Waals surface area contributed by atoms with Crippen molar-refractivity contribution in [2.24, 2.45) is 63.6 Å². The predicted molar refractivity (Wildman–Crippen MR) is 164 cm³/mol. The molecule has 13 heteroatoms. The molecule has 8 rings (SSSR count). The second kappa shape index (κ2) is 9.43. The van der Waals surface area contributed by atoms with Crippen LogP contribution in [0.2, 0.25) is 0 Å². The lowest BCUT2D eigenvalue weighted by Gasteiger charge is -2.66. The molecular formula is C36H50O13. The van der Waals surface area contributed by atoms with E-state index >= 15 is 0 Å². The number of Topliss-reactive ketones (excluding diaryl/α,β-unsaturated/α-hetero) is 1. The van der Waals surface area contributed by atoms with Crippen LogP contribution >= 0.6 is 0 Å². The topological polar surface area (TPSA) is 210 Å². The number of carbonyl (C=O) groups excluding carboxylic acids is 4. The molecule has 13 nitrogen and oxygen atoms in total. The molecule has 5 N–H and O–H groups in total. The summed E-state index contributed by atoms with van der Waals surface area (Å²) < 4.78 is 24.2. The van der Waals surface area contributed by atoms with E-state index in [0.29, 0.717) is 0 Å².